The number of nitrogens with one attached hydrogen (secondary N) is 3. The number of aryl methyl sites for hydroxylation is 2. The van der Waals surface area contributed by atoms with Crippen molar-refractivity contribution in [2.24, 2.45) is 0 Å². The number of carbonyl (C=O) groups is 2. The summed E-state index contributed by atoms with van der Waals surface area (Å²) in [6, 6.07) is 10.8. The molecular weight excluding hydrogens is 380 g/mol. The Kier molecular flexibility index (Phi) is 8.68. The summed E-state index contributed by atoms with van der Waals surface area (Å²) in [7, 11) is 3.75. The Labute approximate surface area is 178 Å². The fourth-order valence-corrected chi connectivity index (χ4v) is 3.04. The summed E-state index contributed by atoms with van der Waals surface area (Å²) in [5.41, 5.74) is 4.69. The smallest absolute Gasteiger partial charge is 0.323 e. The molecule has 3 amide bonds. The number of nitrogens with zero attached hydrogens (tertiary/aromatic N) is 1. The Morgan fingerprint density at radius 1 is 1.03 bits per heavy atom. The van der Waals surface area contributed by atoms with Gasteiger partial charge < -0.3 is 25.6 Å². The lowest BCUT2D eigenvalue weighted by Gasteiger charge is -2.19. The Morgan fingerprint density at radius 3 is 2.47 bits per heavy atom. The maximum Gasteiger partial charge on any atom is 0.323 e. The Hall–Kier alpha value is -3.06. The van der Waals surface area contributed by atoms with E-state index in [-0.39, 0.29) is 11.9 Å². The van der Waals surface area contributed by atoms with E-state index in [1.165, 1.54) is 0 Å². The molecule has 0 aliphatic rings. The largest absolute Gasteiger partial charge is 0.382 e. The van der Waals surface area contributed by atoms with Crippen molar-refractivity contribution in [1.29, 1.82) is 0 Å². The van der Waals surface area contributed by atoms with Gasteiger partial charge in [0.05, 0.1) is 5.56 Å². The third-order valence-corrected chi connectivity index (χ3v) is 4.57. The first kappa shape index (κ1) is 23.2. The van der Waals surface area contributed by atoms with Gasteiger partial charge in [-0.15, -0.1) is 0 Å². The van der Waals surface area contributed by atoms with Crippen molar-refractivity contribution >= 4 is 29.0 Å². The van der Waals surface area contributed by atoms with E-state index in [0.717, 1.165) is 28.9 Å². The Bertz CT molecular complexity index is 881. The third-order valence-electron chi connectivity index (χ3n) is 4.57. The predicted octanol–water partition coefficient (Wildman–Crippen LogP) is 4.17. The normalized spacial score (nSPS) is 10.4. The molecule has 7 heteroatoms. The second kappa shape index (κ2) is 11.2. The number of anilines is 3. The van der Waals surface area contributed by atoms with E-state index in [0.29, 0.717) is 31.0 Å². The van der Waals surface area contributed by atoms with Crippen LogP contribution in [0.3, 0.4) is 0 Å². The summed E-state index contributed by atoms with van der Waals surface area (Å²) in [5.74, 6) is -0.186. The molecule has 0 aliphatic carbocycles. The van der Waals surface area contributed by atoms with E-state index in [2.05, 4.69) is 16.0 Å². The van der Waals surface area contributed by atoms with E-state index < -0.39 is 0 Å². The van der Waals surface area contributed by atoms with Gasteiger partial charge in [0.25, 0.3) is 5.91 Å². The molecule has 0 fully saturated rings. The first-order valence-electron chi connectivity index (χ1n) is 10.1. The van der Waals surface area contributed by atoms with Gasteiger partial charge in [0.2, 0.25) is 0 Å². The molecule has 0 unspecified atom stereocenters. The molecular formula is C23H32N4O3. The SMILES string of the molecule is CCOCCCNC(=O)c1cc(NC(=O)Nc2ccc(C)cc2C)ccc1N(C)C. The highest BCUT2D eigenvalue weighted by molar-refractivity contribution is 6.04. The lowest BCUT2D eigenvalue weighted by molar-refractivity contribution is 0.0944. The first-order chi connectivity index (χ1) is 14.3. The molecule has 0 spiro atoms. The lowest BCUT2D eigenvalue weighted by atomic mass is 10.1. The highest BCUT2D eigenvalue weighted by atomic mass is 16.5. The second-order valence-electron chi connectivity index (χ2n) is 7.33. The Morgan fingerprint density at radius 2 is 1.80 bits per heavy atom. The summed E-state index contributed by atoms with van der Waals surface area (Å²) in [6.07, 6.45) is 0.743. The number of urea groups is 1. The zero-order chi connectivity index (χ0) is 22.1. The van der Waals surface area contributed by atoms with Crippen molar-refractivity contribution in [1.82, 2.24) is 5.32 Å². The van der Waals surface area contributed by atoms with Crippen LogP contribution in [0.2, 0.25) is 0 Å². The number of rotatable bonds is 9. The van der Waals surface area contributed by atoms with Crippen molar-refractivity contribution in [3.8, 4) is 0 Å². The number of hydrogen-bond donors (Lipinski definition) is 3. The van der Waals surface area contributed by atoms with E-state index in [1.807, 2.05) is 64.0 Å². The van der Waals surface area contributed by atoms with E-state index >= 15 is 0 Å². The molecule has 162 valence electrons. The molecule has 0 bridgehead atoms. The fourth-order valence-electron chi connectivity index (χ4n) is 3.04. The van der Waals surface area contributed by atoms with Crippen molar-refractivity contribution < 1.29 is 14.3 Å². The summed E-state index contributed by atoms with van der Waals surface area (Å²) in [6.45, 7) is 7.69. The van der Waals surface area contributed by atoms with Crippen LogP contribution >= 0.6 is 0 Å². The number of carbonyl (C=O) groups excluding carboxylic acids is 2. The monoisotopic (exact) mass is 412 g/mol. The molecule has 0 saturated carbocycles. The molecule has 30 heavy (non-hydrogen) atoms. The molecule has 0 radical (unpaired) electrons. The van der Waals surface area contributed by atoms with Crippen LogP contribution in [0.15, 0.2) is 36.4 Å². The van der Waals surface area contributed by atoms with Gasteiger partial charge in [-0.2, -0.15) is 0 Å². The van der Waals surface area contributed by atoms with Gasteiger partial charge in [-0.05, 0) is 57.0 Å². The van der Waals surface area contributed by atoms with Crippen LogP contribution < -0.4 is 20.9 Å². The third kappa shape index (κ3) is 6.77. The van der Waals surface area contributed by atoms with Crippen molar-refractivity contribution in [2.75, 3.05) is 49.4 Å². The molecule has 3 N–H and O–H groups in total. The van der Waals surface area contributed by atoms with Gasteiger partial charge in [0.15, 0.2) is 0 Å². The second-order valence-corrected chi connectivity index (χ2v) is 7.33. The van der Waals surface area contributed by atoms with Gasteiger partial charge in [0.1, 0.15) is 0 Å². The molecule has 7 nitrogen and oxygen atoms in total. The maximum atomic E-state index is 12.7. The highest BCUT2D eigenvalue weighted by Gasteiger charge is 2.15. The molecule has 0 aliphatic heterocycles. The lowest BCUT2D eigenvalue weighted by Crippen LogP contribution is -2.28. The molecule has 0 saturated heterocycles. The number of benzene rings is 2. The van der Waals surface area contributed by atoms with E-state index in [1.54, 1.807) is 12.1 Å². The van der Waals surface area contributed by atoms with Gasteiger partial charge in [-0.1, -0.05) is 17.7 Å². The van der Waals surface area contributed by atoms with Gasteiger partial charge in [0, 0.05) is 50.9 Å². The summed E-state index contributed by atoms with van der Waals surface area (Å²) >= 11 is 0. The predicted molar refractivity (Wildman–Crippen MR) is 123 cm³/mol. The molecule has 0 atom stereocenters. The van der Waals surface area contributed by atoms with Crippen LogP contribution in [0.5, 0.6) is 0 Å². The van der Waals surface area contributed by atoms with Crippen LogP contribution in [0.1, 0.15) is 34.8 Å². The first-order valence-corrected chi connectivity index (χ1v) is 10.1. The van der Waals surface area contributed by atoms with Crippen molar-refractivity contribution in [2.45, 2.75) is 27.2 Å². The van der Waals surface area contributed by atoms with Crippen LogP contribution in [0.4, 0.5) is 21.9 Å². The number of ether oxygens (including phenoxy) is 1. The summed E-state index contributed by atoms with van der Waals surface area (Å²) in [5, 5.41) is 8.57. The minimum atomic E-state index is -0.359. The maximum absolute atomic E-state index is 12.7. The molecule has 2 rings (SSSR count). The standard InChI is InChI=1S/C23H32N4O3/c1-6-30-13-7-12-24-22(28)19-15-18(9-11-21(19)27(4)5)25-23(29)26-20-10-8-16(2)14-17(20)3/h8-11,14-15H,6-7,12-13H2,1-5H3,(H,24,28)(H2,25,26,29). The van der Waals surface area contributed by atoms with Crippen LogP contribution in [0.25, 0.3) is 0 Å². The average Bonchev–Trinajstić information content (AvgIpc) is 2.69. The summed E-state index contributed by atoms with van der Waals surface area (Å²) in [4.78, 5) is 27.0. The average molecular weight is 413 g/mol. The van der Waals surface area contributed by atoms with E-state index in [4.69, 9.17) is 4.74 Å². The molecule has 0 aromatic heterocycles. The molecule has 2 aromatic carbocycles. The van der Waals surface area contributed by atoms with Gasteiger partial charge >= 0.3 is 6.03 Å². The molecule has 0 heterocycles. The van der Waals surface area contributed by atoms with Gasteiger partial charge in [-0.25, -0.2) is 4.79 Å². The van der Waals surface area contributed by atoms with E-state index in [9.17, 15) is 9.59 Å². The highest BCUT2D eigenvalue weighted by Crippen LogP contribution is 2.23. The molecule has 2 aromatic rings. The van der Waals surface area contributed by atoms with Gasteiger partial charge in [-0.3, -0.25) is 4.79 Å². The quantitative estimate of drug-likeness (QED) is 0.540. The summed E-state index contributed by atoms with van der Waals surface area (Å²) < 4.78 is 5.30. The number of amides is 3. The van der Waals surface area contributed by atoms with Crippen molar-refractivity contribution in [3.05, 3.63) is 53.1 Å². The zero-order valence-electron chi connectivity index (χ0n) is 18.5. The van der Waals surface area contributed by atoms with Crippen LogP contribution in [-0.2, 0) is 4.74 Å². The fraction of sp³-hybridized carbons (Fsp3) is 0.391. The number of hydrogen-bond acceptors (Lipinski definition) is 4. The van der Waals surface area contributed by atoms with Crippen molar-refractivity contribution in [3.63, 3.8) is 0 Å². The minimum absolute atomic E-state index is 0.186. The van der Waals surface area contributed by atoms with Crippen LogP contribution in [0, 0.1) is 13.8 Å². The minimum Gasteiger partial charge on any atom is -0.382 e. The topological polar surface area (TPSA) is 82.7 Å². The van der Waals surface area contributed by atoms with Crippen LogP contribution in [-0.4, -0.2) is 45.8 Å². The zero-order valence-corrected chi connectivity index (χ0v) is 18.5. The Balaban J connectivity index is 2.08.